The smallest absolute Gasteiger partial charge is 0.266 e. The first-order valence-corrected chi connectivity index (χ1v) is 6.76. The molecule has 0 saturated heterocycles. The van der Waals surface area contributed by atoms with Crippen molar-refractivity contribution in [1.29, 1.82) is 0 Å². The molecule has 0 bridgehead atoms. The molecule has 3 N–H and O–H groups in total. The number of pyridine rings is 2. The Bertz CT molecular complexity index is 576. The molecule has 19 heavy (non-hydrogen) atoms. The number of nitrogens with zero attached hydrogens (tertiary/aromatic N) is 2. The molecule has 0 aromatic carbocycles. The third-order valence-electron chi connectivity index (χ3n) is 2.30. The number of carbonyl (C=O) groups excluding carboxylic acids is 1. The Balaban J connectivity index is 2.01. The molecule has 1 amide bonds. The highest BCUT2D eigenvalue weighted by Gasteiger charge is 2.06. The third-order valence-corrected chi connectivity index (χ3v) is 3.76. The monoisotopic (exact) mass is 294 g/mol. The summed E-state index contributed by atoms with van der Waals surface area (Å²) in [6, 6.07) is 7.02. The summed E-state index contributed by atoms with van der Waals surface area (Å²) in [5.41, 5.74) is 3.31. The van der Waals surface area contributed by atoms with E-state index in [1.54, 1.807) is 30.5 Å². The lowest BCUT2D eigenvalue weighted by molar-refractivity contribution is 0.0953. The van der Waals surface area contributed by atoms with Crippen LogP contribution in [0.25, 0.3) is 0 Å². The number of aromatic nitrogens is 2. The van der Waals surface area contributed by atoms with E-state index < -0.39 is 0 Å². The van der Waals surface area contributed by atoms with Crippen molar-refractivity contribution in [1.82, 2.24) is 15.4 Å². The zero-order chi connectivity index (χ0) is 13.7. The molecule has 5 nitrogen and oxygen atoms in total. The van der Waals surface area contributed by atoms with Crippen LogP contribution in [-0.4, -0.2) is 15.9 Å². The molecule has 0 fully saturated rings. The predicted octanol–water partition coefficient (Wildman–Crippen LogP) is 2.03. The van der Waals surface area contributed by atoms with Crippen molar-refractivity contribution in [3.8, 4) is 0 Å². The lowest BCUT2D eigenvalue weighted by Crippen LogP contribution is -2.30. The summed E-state index contributed by atoms with van der Waals surface area (Å²) in [6.45, 7) is 0. The average molecular weight is 295 g/mol. The molecule has 0 aliphatic heterocycles. The molecule has 2 heterocycles. The van der Waals surface area contributed by atoms with E-state index >= 15 is 0 Å². The second kappa shape index (κ2) is 6.51. The minimum atomic E-state index is -0.362. The Kier molecular flexibility index (Phi) is 4.73. The van der Waals surface area contributed by atoms with Gasteiger partial charge in [-0.1, -0.05) is 23.4 Å². The van der Waals surface area contributed by atoms with Gasteiger partial charge >= 0.3 is 0 Å². The summed E-state index contributed by atoms with van der Waals surface area (Å²) in [4.78, 5) is 19.6. The number of amides is 1. The Morgan fingerprint density at radius 1 is 1.37 bits per heavy atom. The van der Waals surface area contributed by atoms with Crippen molar-refractivity contribution in [2.45, 2.75) is 10.8 Å². The Hall–Kier alpha value is -1.63. The number of hydrogen-bond acceptors (Lipinski definition) is 5. The van der Waals surface area contributed by atoms with Gasteiger partial charge in [-0.15, -0.1) is 0 Å². The van der Waals surface area contributed by atoms with Gasteiger partial charge in [0.1, 0.15) is 5.03 Å². The molecular weight excluding hydrogens is 284 g/mol. The van der Waals surface area contributed by atoms with E-state index in [0.29, 0.717) is 16.3 Å². The topological polar surface area (TPSA) is 80.9 Å². The fraction of sp³-hybridized carbons (Fsp3) is 0.0833. The second-order valence-corrected chi connectivity index (χ2v) is 4.96. The van der Waals surface area contributed by atoms with Gasteiger partial charge in [0, 0.05) is 18.1 Å². The van der Waals surface area contributed by atoms with E-state index in [0.717, 1.165) is 10.7 Å². The van der Waals surface area contributed by atoms with E-state index in [9.17, 15) is 4.79 Å². The number of hydrazine groups is 1. The Labute approximate surface area is 119 Å². The molecule has 0 atom stereocenters. The van der Waals surface area contributed by atoms with Crippen LogP contribution in [-0.2, 0) is 5.75 Å². The van der Waals surface area contributed by atoms with Crippen molar-refractivity contribution in [2.24, 2.45) is 5.84 Å². The molecule has 98 valence electrons. The number of hydrogen-bond donors (Lipinski definition) is 2. The number of nitrogen functional groups attached to an aromatic ring is 1. The van der Waals surface area contributed by atoms with Crippen LogP contribution in [0, 0.1) is 0 Å². The van der Waals surface area contributed by atoms with Crippen molar-refractivity contribution in [2.75, 3.05) is 0 Å². The summed E-state index contributed by atoms with van der Waals surface area (Å²) in [5, 5.41) is 1.38. The van der Waals surface area contributed by atoms with Crippen LogP contribution < -0.4 is 11.3 Å². The van der Waals surface area contributed by atoms with Gasteiger partial charge < -0.3 is 0 Å². The predicted molar refractivity (Wildman–Crippen MR) is 74.7 cm³/mol. The standard InChI is InChI=1S/C12H11ClN4OS/c13-10-2-1-5-15-12(10)19-7-9-4-3-8(6-16-9)11(18)17-14/h1-6H,7,14H2,(H,17,18). The molecule has 2 aromatic rings. The van der Waals surface area contributed by atoms with Crippen LogP contribution in [0.4, 0.5) is 0 Å². The fourth-order valence-electron chi connectivity index (χ4n) is 1.35. The maximum Gasteiger partial charge on any atom is 0.266 e. The first kappa shape index (κ1) is 13.8. The highest BCUT2D eigenvalue weighted by molar-refractivity contribution is 7.98. The molecule has 0 unspecified atom stereocenters. The first-order chi connectivity index (χ1) is 9.20. The van der Waals surface area contributed by atoms with E-state index in [4.69, 9.17) is 17.4 Å². The molecule has 0 aliphatic carbocycles. The molecule has 2 aromatic heterocycles. The Morgan fingerprint density at radius 2 is 2.21 bits per heavy atom. The summed E-state index contributed by atoms with van der Waals surface area (Å²) in [7, 11) is 0. The molecular formula is C12H11ClN4OS. The van der Waals surface area contributed by atoms with E-state index in [1.165, 1.54) is 18.0 Å². The van der Waals surface area contributed by atoms with Gasteiger partial charge in [-0.3, -0.25) is 15.2 Å². The third kappa shape index (κ3) is 3.66. The van der Waals surface area contributed by atoms with Gasteiger partial charge in [0.15, 0.2) is 0 Å². The molecule has 0 saturated carbocycles. The quantitative estimate of drug-likeness (QED) is 0.390. The largest absolute Gasteiger partial charge is 0.290 e. The molecule has 0 aliphatic rings. The minimum Gasteiger partial charge on any atom is -0.290 e. The van der Waals surface area contributed by atoms with Crippen molar-refractivity contribution < 1.29 is 4.79 Å². The van der Waals surface area contributed by atoms with Crippen LogP contribution in [0.5, 0.6) is 0 Å². The number of nitrogens with two attached hydrogens (primary N) is 1. The van der Waals surface area contributed by atoms with Crippen LogP contribution in [0.15, 0.2) is 41.7 Å². The fourth-order valence-corrected chi connectivity index (χ4v) is 2.43. The van der Waals surface area contributed by atoms with E-state index in [1.807, 2.05) is 0 Å². The van der Waals surface area contributed by atoms with Crippen molar-refractivity contribution in [3.05, 3.63) is 52.9 Å². The van der Waals surface area contributed by atoms with Gasteiger partial charge in [-0.2, -0.15) is 0 Å². The number of halogens is 1. The number of rotatable bonds is 4. The lowest BCUT2D eigenvalue weighted by Gasteiger charge is -2.03. The first-order valence-electron chi connectivity index (χ1n) is 5.40. The highest BCUT2D eigenvalue weighted by atomic mass is 35.5. The zero-order valence-corrected chi connectivity index (χ0v) is 11.4. The SMILES string of the molecule is NNC(=O)c1ccc(CSc2ncccc2Cl)nc1. The summed E-state index contributed by atoms with van der Waals surface area (Å²) in [5.74, 6) is 5.30. The average Bonchev–Trinajstić information content (AvgIpc) is 2.46. The summed E-state index contributed by atoms with van der Waals surface area (Å²) < 4.78 is 0. The van der Waals surface area contributed by atoms with Gasteiger partial charge in [-0.05, 0) is 24.3 Å². The number of carbonyl (C=O) groups is 1. The highest BCUT2D eigenvalue weighted by Crippen LogP contribution is 2.26. The molecule has 2 rings (SSSR count). The second-order valence-electron chi connectivity index (χ2n) is 3.59. The van der Waals surface area contributed by atoms with Gasteiger partial charge in [0.25, 0.3) is 5.91 Å². The summed E-state index contributed by atoms with van der Waals surface area (Å²) >= 11 is 7.49. The van der Waals surface area contributed by atoms with Crippen LogP contribution in [0.2, 0.25) is 5.02 Å². The molecule has 0 radical (unpaired) electrons. The van der Waals surface area contributed by atoms with Gasteiger partial charge in [-0.25, -0.2) is 10.8 Å². The zero-order valence-electron chi connectivity index (χ0n) is 9.84. The maximum absolute atomic E-state index is 11.2. The van der Waals surface area contributed by atoms with Crippen LogP contribution in [0.1, 0.15) is 16.1 Å². The van der Waals surface area contributed by atoms with Crippen LogP contribution in [0.3, 0.4) is 0 Å². The Morgan fingerprint density at radius 3 is 2.84 bits per heavy atom. The summed E-state index contributed by atoms with van der Waals surface area (Å²) in [6.07, 6.45) is 3.18. The number of thioether (sulfide) groups is 1. The van der Waals surface area contributed by atoms with E-state index in [-0.39, 0.29) is 5.91 Å². The minimum absolute atomic E-state index is 0.362. The van der Waals surface area contributed by atoms with Crippen LogP contribution >= 0.6 is 23.4 Å². The van der Waals surface area contributed by atoms with Crippen molar-refractivity contribution >= 4 is 29.3 Å². The van der Waals surface area contributed by atoms with Gasteiger partial charge in [0.2, 0.25) is 0 Å². The number of nitrogens with one attached hydrogen (secondary N) is 1. The maximum atomic E-state index is 11.2. The lowest BCUT2D eigenvalue weighted by atomic mass is 10.2. The molecule has 7 heteroatoms. The van der Waals surface area contributed by atoms with Gasteiger partial charge in [0.05, 0.1) is 16.3 Å². The van der Waals surface area contributed by atoms with E-state index in [2.05, 4.69) is 15.4 Å². The molecule has 0 spiro atoms. The normalized spacial score (nSPS) is 10.2. The van der Waals surface area contributed by atoms with Crippen molar-refractivity contribution in [3.63, 3.8) is 0 Å².